The molecule has 1 aromatic rings. The molecule has 0 aliphatic carbocycles. The van der Waals surface area contributed by atoms with E-state index in [0.717, 1.165) is 0 Å². The first-order valence-corrected chi connectivity index (χ1v) is 7.21. The second-order valence-electron chi connectivity index (χ2n) is 4.36. The van der Waals surface area contributed by atoms with Crippen LogP contribution < -0.4 is 0 Å². The summed E-state index contributed by atoms with van der Waals surface area (Å²) < 4.78 is 5.88. The Morgan fingerprint density at radius 2 is 2.30 bits per heavy atom. The van der Waals surface area contributed by atoms with E-state index in [2.05, 4.69) is 15.9 Å². The second-order valence-corrected chi connectivity index (χ2v) is 5.65. The van der Waals surface area contributed by atoms with Crippen molar-refractivity contribution in [2.45, 2.75) is 19.1 Å². The molecule has 1 N–H and O–H groups in total. The number of carboxylic acid groups (broad SMARTS) is 1. The van der Waals surface area contributed by atoms with Gasteiger partial charge in [0.1, 0.15) is 6.61 Å². The number of aliphatic carboxylic acids is 1. The highest BCUT2D eigenvalue weighted by atomic mass is 79.9. The van der Waals surface area contributed by atoms with Crippen LogP contribution in [0.2, 0.25) is 5.02 Å². The molecule has 0 saturated carbocycles. The Hall–Kier alpha value is -1.11. The zero-order chi connectivity index (χ0) is 14.9. The summed E-state index contributed by atoms with van der Waals surface area (Å²) in [5.74, 6) is -1.34. The molecule has 7 heteroatoms. The van der Waals surface area contributed by atoms with Crippen LogP contribution in [0.1, 0.15) is 18.5 Å². The van der Waals surface area contributed by atoms with Crippen LogP contribution in [0.4, 0.5) is 0 Å². The summed E-state index contributed by atoms with van der Waals surface area (Å²) in [5.41, 5.74) is 0.625. The molecule has 2 unspecified atom stereocenters. The third-order valence-electron chi connectivity index (χ3n) is 3.19. The Kier molecular flexibility index (Phi) is 4.67. The van der Waals surface area contributed by atoms with Gasteiger partial charge in [-0.3, -0.25) is 4.79 Å². The first-order valence-electron chi connectivity index (χ1n) is 6.04. The van der Waals surface area contributed by atoms with Crippen molar-refractivity contribution in [1.82, 2.24) is 4.90 Å². The number of halogens is 2. The number of hydrogen-bond donors (Lipinski definition) is 1. The van der Waals surface area contributed by atoms with E-state index >= 15 is 0 Å². The first kappa shape index (κ1) is 15.3. The van der Waals surface area contributed by atoms with Gasteiger partial charge in [0.05, 0.1) is 6.04 Å². The van der Waals surface area contributed by atoms with E-state index in [9.17, 15) is 14.7 Å². The van der Waals surface area contributed by atoms with Gasteiger partial charge in [0, 0.05) is 16.0 Å². The molecular formula is C13H13BrClNO4. The van der Waals surface area contributed by atoms with Crippen molar-refractivity contribution in [3.05, 3.63) is 33.3 Å². The van der Waals surface area contributed by atoms with Gasteiger partial charge in [-0.25, -0.2) is 4.79 Å². The fourth-order valence-corrected chi connectivity index (χ4v) is 2.97. The van der Waals surface area contributed by atoms with Gasteiger partial charge in [0.25, 0.3) is 0 Å². The van der Waals surface area contributed by atoms with Gasteiger partial charge in [0.15, 0.2) is 6.10 Å². The van der Waals surface area contributed by atoms with Crippen molar-refractivity contribution in [2.24, 2.45) is 0 Å². The SMILES string of the molecule is CCN1C(=O)COC(C(=O)O)C1c1cc(Cl)ccc1Br. The molecule has 1 aliphatic rings. The Bertz CT molecular complexity index is 549. The van der Waals surface area contributed by atoms with Crippen molar-refractivity contribution in [3.8, 4) is 0 Å². The van der Waals surface area contributed by atoms with E-state index < -0.39 is 18.1 Å². The Morgan fingerprint density at radius 3 is 2.90 bits per heavy atom. The maximum Gasteiger partial charge on any atom is 0.335 e. The molecule has 2 rings (SSSR count). The standard InChI is InChI=1S/C13H13BrClNO4/c1-2-16-10(17)6-20-12(13(18)19)11(16)8-5-7(15)3-4-9(8)14/h3-5,11-12H,2,6H2,1H3,(H,18,19). The quantitative estimate of drug-likeness (QED) is 0.897. The highest BCUT2D eigenvalue weighted by Gasteiger charge is 2.42. The normalized spacial score (nSPS) is 22.9. The largest absolute Gasteiger partial charge is 0.479 e. The predicted octanol–water partition coefficient (Wildman–Crippen LogP) is 2.48. The molecule has 1 aliphatic heterocycles. The maximum atomic E-state index is 11.9. The summed E-state index contributed by atoms with van der Waals surface area (Å²) in [6.07, 6.45) is -1.11. The third-order valence-corrected chi connectivity index (χ3v) is 4.15. The van der Waals surface area contributed by atoms with Gasteiger partial charge in [-0.2, -0.15) is 0 Å². The monoisotopic (exact) mass is 361 g/mol. The van der Waals surface area contributed by atoms with E-state index in [1.165, 1.54) is 4.90 Å². The Labute approximate surface area is 129 Å². The van der Waals surface area contributed by atoms with Gasteiger partial charge in [-0.05, 0) is 30.7 Å². The van der Waals surface area contributed by atoms with Crippen LogP contribution in [0.25, 0.3) is 0 Å². The van der Waals surface area contributed by atoms with Crippen molar-refractivity contribution in [3.63, 3.8) is 0 Å². The summed E-state index contributed by atoms with van der Waals surface area (Å²) in [6.45, 7) is 1.97. The summed E-state index contributed by atoms with van der Waals surface area (Å²) in [4.78, 5) is 24.8. The molecule has 5 nitrogen and oxygen atoms in total. The maximum absolute atomic E-state index is 11.9. The van der Waals surface area contributed by atoms with Crippen molar-refractivity contribution < 1.29 is 19.4 Å². The highest BCUT2D eigenvalue weighted by Crippen LogP contribution is 2.36. The molecule has 1 heterocycles. The van der Waals surface area contributed by atoms with Crippen LogP contribution in [0.5, 0.6) is 0 Å². The van der Waals surface area contributed by atoms with Gasteiger partial charge in [0.2, 0.25) is 5.91 Å². The number of carbonyl (C=O) groups excluding carboxylic acids is 1. The van der Waals surface area contributed by atoms with E-state index in [1.54, 1.807) is 25.1 Å². The number of amides is 1. The minimum atomic E-state index is -1.11. The summed E-state index contributed by atoms with van der Waals surface area (Å²) in [6, 6.07) is 4.36. The lowest BCUT2D eigenvalue weighted by Crippen LogP contribution is -2.51. The van der Waals surface area contributed by atoms with Gasteiger partial charge >= 0.3 is 5.97 Å². The zero-order valence-electron chi connectivity index (χ0n) is 10.7. The molecule has 0 spiro atoms. The zero-order valence-corrected chi connectivity index (χ0v) is 13.0. The number of carboxylic acids is 1. The second kappa shape index (κ2) is 6.11. The molecule has 1 aromatic carbocycles. The third kappa shape index (κ3) is 2.82. The summed E-state index contributed by atoms with van der Waals surface area (Å²) in [5, 5.41) is 9.79. The average Bonchev–Trinajstić information content (AvgIpc) is 2.40. The topological polar surface area (TPSA) is 66.8 Å². The smallest absolute Gasteiger partial charge is 0.335 e. The lowest BCUT2D eigenvalue weighted by atomic mass is 9.97. The number of carbonyl (C=O) groups is 2. The lowest BCUT2D eigenvalue weighted by molar-refractivity contribution is -0.172. The molecule has 1 amide bonds. The van der Waals surface area contributed by atoms with Crippen LogP contribution in [-0.4, -0.2) is 41.1 Å². The minimum absolute atomic E-state index is 0.223. The predicted molar refractivity (Wildman–Crippen MR) is 76.7 cm³/mol. The molecule has 0 aromatic heterocycles. The lowest BCUT2D eigenvalue weighted by Gasteiger charge is -2.39. The molecule has 2 atom stereocenters. The van der Waals surface area contributed by atoms with Gasteiger partial charge in [-0.1, -0.05) is 27.5 Å². The van der Waals surface area contributed by atoms with Crippen molar-refractivity contribution >= 4 is 39.4 Å². The van der Waals surface area contributed by atoms with Crippen LogP contribution >= 0.6 is 27.5 Å². The number of ether oxygens (including phenoxy) is 1. The number of benzene rings is 1. The fourth-order valence-electron chi connectivity index (χ4n) is 2.31. The minimum Gasteiger partial charge on any atom is -0.479 e. The van der Waals surface area contributed by atoms with E-state index in [-0.39, 0.29) is 12.5 Å². The molecular weight excluding hydrogens is 350 g/mol. The molecule has 1 saturated heterocycles. The van der Waals surface area contributed by atoms with E-state index in [4.69, 9.17) is 16.3 Å². The first-order chi connectivity index (χ1) is 9.45. The van der Waals surface area contributed by atoms with E-state index in [1.807, 2.05) is 0 Å². The average molecular weight is 363 g/mol. The van der Waals surface area contributed by atoms with Crippen molar-refractivity contribution in [2.75, 3.05) is 13.2 Å². The Balaban J connectivity index is 2.52. The van der Waals surface area contributed by atoms with Crippen LogP contribution in [0.15, 0.2) is 22.7 Å². The molecule has 0 bridgehead atoms. The summed E-state index contributed by atoms with van der Waals surface area (Å²) >= 11 is 9.35. The molecule has 0 radical (unpaired) electrons. The van der Waals surface area contributed by atoms with Crippen LogP contribution in [-0.2, 0) is 14.3 Å². The fraction of sp³-hybridized carbons (Fsp3) is 0.385. The van der Waals surface area contributed by atoms with E-state index in [0.29, 0.717) is 21.6 Å². The number of hydrogen-bond acceptors (Lipinski definition) is 3. The number of likely N-dealkylation sites (N-methyl/N-ethyl adjacent to an activating group) is 1. The summed E-state index contributed by atoms with van der Waals surface area (Å²) in [7, 11) is 0. The molecule has 108 valence electrons. The number of rotatable bonds is 3. The Morgan fingerprint density at radius 1 is 1.60 bits per heavy atom. The highest BCUT2D eigenvalue weighted by molar-refractivity contribution is 9.10. The van der Waals surface area contributed by atoms with Gasteiger partial charge < -0.3 is 14.7 Å². The number of nitrogens with zero attached hydrogens (tertiary/aromatic N) is 1. The van der Waals surface area contributed by atoms with Crippen molar-refractivity contribution in [1.29, 1.82) is 0 Å². The van der Waals surface area contributed by atoms with Gasteiger partial charge in [-0.15, -0.1) is 0 Å². The van der Waals surface area contributed by atoms with Crippen LogP contribution in [0.3, 0.4) is 0 Å². The molecule has 20 heavy (non-hydrogen) atoms. The van der Waals surface area contributed by atoms with Crippen LogP contribution in [0, 0.1) is 0 Å². The number of morpholine rings is 1. The molecule has 1 fully saturated rings.